The lowest BCUT2D eigenvalue weighted by Gasteiger charge is -2.32. The first-order chi connectivity index (χ1) is 15.8. The van der Waals surface area contributed by atoms with Crippen LogP contribution in [0.15, 0.2) is 53.4 Å². The molecule has 176 valence electrons. The summed E-state index contributed by atoms with van der Waals surface area (Å²) in [7, 11) is -1.84. The van der Waals surface area contributed by atoms with Crippen molar-refractivity contribution >= 4 is 27.5 Å². The molecule has 1 fully saturated rings. The highest BCUT2D eigenvalue weighted by molar-refractivity contribution is 7.89. The normalized spacial score (nSPS) is 17.6. The minimum absolute atomic E-state index is 0.0642. The molecule has 0 radical (unpaired) electrons. The van der Waals surface area contributed by atoms with Gasteiger partial charge in [-0.3, -0.25) is 9.59 Å². The summed E-state index contributed by atoms with van der Waals surface area (Å²) in [5, 5.41) is 0. The van der Waals surface area contributed by atoms with E-state index in [1.165, 1.54) is 4.90 Å². The first-order valence-electron chi connectivity index (χ1n) is 11.5. The third-order valence-electron chi connectivity index (χ3n) is 6.61. The number of anilines is 1. The van der Waals surface area contributed by atoms with Crippen molar-refractivity contribution < 1.29 is 18.0 Å². The maximum Gasteiger partial charge on any atom is 0.243 e. The Labute approximate surface area is 196 Å². The van der Waals surface area contributed by atoms with Gasteiger partial charge in [-0.2, -0.15) is 4.31 Å². The molecule has 1 saturated heterocycles. The van der Waals surface area contributed by atoms with Gasteiger partial charge < -0.3 is 9.80 Å². The van der Waals surface area contributed by atoms with E-state index < -0.39 is 10.0 Å². The summed E-state index contributed by atoms with van der Waals surface area (Å²) in [4.78, 5) is 28.9. The van der Waals surface area contributed by atoms with E-state index in [9.17, 15) is 18.0 Å². The van der Waals surface area contributed by atoms with Gasteiger partial charge in [0.25, 0.3) is 0 Å². The van der Waals surface area contributed by atoms with Gasteiger partial charge in [0, 0.05) is 38.8 Å². The average Bonchev–Trinajstić information content (AvgIpc) is 2.81. The molecule has 2 amide bonds. The molecule has 2 aliphatic rings. The Morgan fingerprint density at radius 3 is 2.45 bits per heavy atom. The number of benzene rings is 2. The molecule has 4 rings (SSSR count). The van der Waals surface area contributed by atoms with Crippen LogP contribution < -0.4 is 4.90 Å². The van der Waals surface area contributed by atoms with Gasteiger partial charge in [-0.25, -0.2) is 8.42 Å². The number of fused-ring (bicyclic) bond motifs is 1. The summed E-state index contributed by atoms with van der Waals surface area (Å²) >= 11 is 0. The third-order valence-corrected chi connectivity index (χ3v) is 8.51. The minimum atomic E-state index is -3.57. The van der Waals surface area contributed by atoms with Crippen LogP contribution in [0.2, 0.25) is 0 Å². The van der Waals surface area contributed by atoms with Gasteiger partial charge in [-0.15, -0.1) is 0 Å². The molecule has 33 heavy (non-hydrogen) atoms. The third kappa shape index (κ3) is 5.12. The SMILES string of the molecule is CC1CCN(S(=O)(=O)c2ccc3c(c2)CCC(=O)N3CC(=O)N(C)Cc2ccccc2)CC1. The number of hydrogen-bond acceptors (Lipinski definition) is 4. The molecule has 0 N–H and O–H groups in total. The molecule has 0 aromatic heterocycles. The van der Waals surface area contributed by atoms with Crippen LogP contribution in [0, 0.1) is 5.92 Å². The summed E-state index contributed by atoms with van der Waals surface area (Å²) in [6.07, 6.45) is 2.46. The summed E-state index contributed by atoms with van der Waals surface area (Å²) < 4.78 is 27.9. The maximum atomic E-state index is 13.2. The Morgan fingerprint density at radius 1 is 1.06 bits per heavy atom. The van der Waals surface area contributed by atoms with Gasteiger partial charge in [-0.1, -0.05) is 37.3 Å². The number of hydrogen-bond donors (Lipinski definition) is 0. The molecular weight excluding hydrogens is 438 g/mol. The lowest BCUT2D eigenvalue weighted by Crippen LogP contribution is -2.43. The highest BCUT2D eigenvalue weighted by atomic mass is 32.2. The van der Waals surface area contributed by atoms with E-state index in [2.05, 4.69) is 6.92 Å². The molecule has 0 spiro atoms. The molecule has 2 aliphatic heterocycles. The number of sulfonamides is 1. The Hall–Kier alpha value is -2.71. The van der Waals surface area contributed by atoms with Crippen LogP contribution in [-0.4, -0.2) is 56.1 Å². The van der Waals surface area contributed by atoms with Crippen molar-refractivity contribution in [3.05, 3.63) is 59.7 Å². The second-order valence-corrected chi connectivity index (χ2v) is 11.0. The van der Waals surface area contributed by atoms with Crippen LogP contribution in [0.4, 0.5) is 5.69 Å². The van der Waals surface area contributed by atoms with E-state index in [4.69, 9.17) is 0 Å². The predicted molar refractivity (Wildman–Crippen MR) is 127 cm³/mol. The molecule has 0 aliphatic carbocycles. The zero-order chi connectivity index (χ0) is 23.6. The van der Waals surface area contributed by atoms with Gasteiger partial charge in [-0.05, 0) is 54.5 Å². The largest absolute Gasteiger partial charge is 0.340 e. The number of carbonyl (C=O) groups is 2. The number of aryl methyl sites for hydroxylation is 1. The van der Waals surface area contributed by atoms with Gasteiger partial charge in [0.15, 0.2) is 0 Å². The fraction of sp³-hybridized carbons (Fsp3) is 0.440. The molecule has 0 bridgehead atoms. The van der Waals surface area contributed by atoms with E-state index in [1.54, 1.807) is 34.5 Å². The highest BCUT2D eigenvalue weighted by Gasteiger charge is 2.31. The van der Waals surface area contributed by atoms with Crippen LogP contribution in [0.1, 0.15) is 37.3 Å². The van der Waals surface area contributed by atoms with E-state index >= 15 is 0 Å². The number of carbonyl (C=O) groups excluding carboxylic acids is 2. The number of piperidine rings is 1. The van der Waals surface area contributed by atoms with E-state index in [0.29, 0.717) is 37.7 Å². The number of likely N-dealkylation sites (N-methyl/N-ethyl adjacent to an activating group) is 1. The Balaban J connectivity index is 1.51. The standard InChI is InChI=1S/C25H31N3O4S/c1-19-12-14-27(15-13-19)33(31,32)22-9-10-23-21(16-22)8-11-24(29)28(23)18-25(30)26(2)17-20-6-4-3-5-7-20/h3-7,9-10,16,19H,8,11-15,17-18H2,1-2H3. The van der Waals surface area contributed by atoms with Crippen molar-refractivity contribution in [2.24, 2.45) is 5.92 Å². The zero-order valence-corrected chi connectivity index (χ0v) is 20.1. The van der Waals surface area contributed by atoms with Crippen molar-refractivity contribution in [1.82, 2.24) is 9.21 Å². The lowest BCUT2D eigenvalue weighted by molar-refractivity contribution is -0.130. The second kappa shape index (κ2) is 9.65. The van der Waals surface area contributed by atoms with E-state index in [-0.39, 0.29) is 29.7 Å². The van der Waals surface area contributed by atoms with Crippen LogP contribution in [-0.2, 0) is 32.6 Å². The fourth-order valence-corrected chi connectivity index (χ4v) is 5.97. The monoisotopic (exact) mass is 469 g/mol. The Kier molecular flexibility index (Phi) is 6.86. The Bertz CT molecular complexity index is 1130. The molecule has 0 atom stereocenters. The first kappa shape index (κ1) is 23.4. The molecule has 0 saturated carbocycles. The fourth-order valence-electron chi connectivity index (χ4n) is 4.45. The second-order valence-electron chi connectivity index (χ2n) is 9.09. The molecule has 2 aromatic rings. The van der Waals surface area contributed by atoms with Crippen LogP contribution in [0.5, 0.6) is 0 Å². The minimum Gasteiger partial charge on any atom is -0.340 e. The quantitative estimate of drug-likeness (QED) is 0.652. The van der Waals surface area contributed by atoms with Gasteiger partial charge in [0.2, 0.25) is 21.8 Å². The van der Waals surface area contributed by atoms with E-state index in [0.717, 1.165) is 24.0 Å². The molecule has 8 heteroatoms. The predicted octanol–water partition coefficient (Wildman–Crippen LogP) is 3.05. The van der Waals surface area contributed by atoms with Crippen LogP contribution >= 0.6 is 0 Å². The first-order valence-corrected chi connectivity index (χ1v) is 12.9. The molecular formula is C25H31N3O4S. The molecule has 7 nitrogen and oxygen atoms in total. The summed E-state index contributed by atoms with van der Waals surface area (Å²) in [6, 6.07) is 14.6. The van der Waals surface area contributed by atoms with Crippen molar-refractivity contribution in [2.75, 3.05) is 31.6 Å². The average molecular weight is 470 g/mol. The van der Waals surface area contributed by atoms with Crippen molar-refractivity contribution in [3.8, 4) is 0 Å². The molecule has 2 aromatic carbocycles. The topological polar surface area (TPSA) is 78.0 Å². The molecule has 0 unspecified atom stereocenters. The molecule has 2 heterocycles. The van der Waals surface area contributed by atoms with Gasteiger partial charge in [0.05, 0.1) is 4.90 Å². The lowest BCUT2D eigenvalue weighted by atomic mass is 10.0. The Morgan fingerprint density at radius 2 is 1.76 bits per heavy atom. The van der Waals surface area contributed by atoms with Crippen molar-refractivity contribution in [2.45, 2.75) is 44.0 Å². The van der Waals surface area contributed by atoms with Gasteiger partial charge >= 0.3 is 0 Å². The summed E-state index contributed by atoms with van der Waals surface area (Å²) in [6.45, 7) is 3.61. The van der Waals surface area contributed by atoms with Crippen molar-refractivity contribution in [1.29, 1.82) is 0 Å². The van der Waals surface area contributed by atoms with Crippen molar-refractivity contribution in [3.63, 3.8) is 0 Å². The van der Waals surface area contributed by atoms with E-state index in [1.807, 2.05) is 30.3 Å². The zero-order valence-electron chi connectivity index (χ0n) is 19.2. The van der Waals surface area contributed by atoms with Crippen LogP contribution in [0.3, 0.4) is 0 Å². The smallest absolute Gasteiger partial charge is 0.243 e. The number of nitrogens with zero attached hydrogens (tertiary/aromatic N) is 3. The summed E-state index contributed by atoms with van der Waals surface area (Å²) in [5.74, 6) is 0.251. The van der Waals surface area contributed by atoms with Crippen LogP contribution in [0.25, 0.3) is 0 Å². The van der Waals surface area contributed by atoms with Gasteiger partial charge in [0.1, 0.15) is 6.54 Å². The highest BCUT2D eigenvalue weighted by Crippen LogP contribution is 2.32. The number of amides is 2. The maximum absolute atomic E-state index is 13.2. The summed E-state index contributed by atoms with van der Waals surface area (Å²) in [5.41, 5.74) is 2.43. The number of rotatable bonds is 6.